The van der Waals surface area contributed by atoms with Crippen LogP contribution in [0.4, 0.5) is 0 Å². The Morgan fingerprint density at radius 2 is 2.32 bits per heavy atom. The first-order valence-electron chi connectivity index (χ1n) is 5.56. The van der Waals surface area contributed by atoms with Gasteiger partial charge in [-0.3, -0.25) is 0 Å². The Kier molecular flexibility index (Phi) is 4.70. The third kappa shape index (κ3) is 4.50. The number of rotatable bonds is 5. The molecule has 1 aromatic heterocycles. The smallest absolute Gasteiger partial charge is 0.328 e. The van der Waals surface area contributed by atoms with Crippen LogP contribution in [-0.4, -0.2) is 21.3 Å². The van der Waals surface area contributed by atoms with Gasteiger partial charge in [0.05, 0.1) is 0 Å². The van der Waals surface area contributed by atoms with E-state index in [-0.39, 0.29) is 0 Å². The zero-order valence-electron chi connectivity index (χ0n) is 10.2. The molecule has 0 spiro atoms. The van der Waals surface area contributed by atoms with E-state index < -0.39 is 5.97 Å². The van der Waals surface area contributed by atoms with Crippen molar-refractivity contribution >= 4 is 35.1 Å². The molecule has 0 radical (unpaired) electrons. The fraction of sp³-hybridized carbons (Fsp3) is 0.154. The number of aryl methyl sites for hydroxylation is 1. The lowest BCUT2D eigenvalue weighted by atomic mass is 10.1. The van der Waals surface area contributed by atoms with Crippen molar-refractivity contribution in [3.63, 3.8) is 0 Å². The van der Waals surface area contributed by atoms with Crippen LogP contribution in [0.5, 0.6) is 0 Å². The van der Waals surface area contributed by atoms with Crippen LogP contribution in [0.2, 0.25) is 0 Å². The van der Waals surface area contributed by atoms with Gasteiger partial charge in [-0.1, -0.05) is 47.4 Å². The molecule has 0 aliphatic rings. The number of benzene rings is 1. The van der Waals surface area contributed by atoms with E-state index in [1.807, 2.05) is 31.2 Å². The van der Waals surface area contributed by atoms with E-state index in [0.29, 0.717) is 0 Å². The number of hydrogen-bond acceptors (Lipinski definition) is 5. The molecule has 0 unspecified atom stereocenters. The second kappa shape index (κ2) is 6.49. The minimum absolute atomic E-state index is 0.795. The molecule has 1 aromatic carbocycles. The molecule has 0 amide bonds. The average molecular weight is 292 g/mol. The van der Waals surface area contributed by atoms with E-state index in [2.05, 4.69) is 10.2 Å². The van der Waals surface area contributed by atoms with Gasteiger partial charge in [-0.05, 0) is 24.1 Å². The van der Waals surface area contributed by atoms with E-state index in [4.69, 9.17) is 5.11 Å². The van der Waals surface area contributed by atoms with Gasteiger partial charge in [0.2, 0.25) is 0 Å². The van der Waals surface area contributed by atoms with E-state index in [1.165, 1.54) is 0 Å². The highest BCUT2D eigenvalue weighted by Crippen LogP contribution is 2.25. The Morgan fingerprint density at radius 1 is 1.47 bits per heavy atom. The summed E-state index contributed by atoms with van der Waals surface area (Å²) in [4.78, 5) is 10.5. The van der Waals surface area contributed by atoms with Gasteiger partial charge in [0.15, 0.2) is 4.34 Å². The van der Waals surface area contributed by atoms with Gasteiger partial charge in [0.25, 0.3) is 0 Å². The van der Waals surface area contributed by atoms with Gasteiger partial charge in [-0.2, -0.15) is 0 Å². The highest BCUT2D eigenvalue weighted by Gasteiger charge is 2.02. The number of carboxylic acid groups (broad SMARTS) is 1. The normalized spacial score (nSPS) is 11.0. The number of aliphatic carboxylic acids is 1. The summed E-state index contributed by atoms with van der Waals surface area (Å²) in [6.07, 6.45) is 2.73. The van der Waals surface area contributed by atoms with Gasteiger partial charge in [-0.15, -0.1) is 10.2 Å². The quantitative estimate of drug-likeness (QED) is 0.677. The molecule has 4 nitrogen and oxygen atoms in total. The van der Waals surface area contributed by atoms with E-state index >= 15 is 0 Å². The summed E-state index contributed by atoms with van der Waals surface area (Å²) in [5.74, 6) is -0.146. The molecule has 0 bridgehead atoms. The molecular formula is C13H12N2O2S2. The molecule has 0 aliphatic heterocycles. The minimum Gasteiger partial charge on any atom is -0.478 e. The SMILES string of the molecule is Cc1nnc(SCc2cccc(C=CC(=O)O)c2)s1. The van der Waals surface area contributed by atoms with Gasteiger partial charge in [0, 0.05) is 11.8 Å². The summed E-state index contributed by atoms with van der Waals surface area (Å²) in [6, 6.07) is 7.78. The molecule has 98 valence electrons. The molecule has 0 aliphatic carbocycles. The number of carbonyl (C=O) groups is 1. The fourth-order valence-corrected chi connectivity index (χ4v) is 3.19. The number of carboxylic acids is 1. The third-order valence-electron chi connectivity index (χ3n) is 2.24. The number of thioether (sulfide) groups is 1. The number of nitrogens with zero attached hydrogens (tertiary/aromatic N) is 2. The first kappa shape index (κ1) is 13.8. The van der Waals surface area contributed by atoms with Crippen molar-refractivity contribution in [1.82, 2.24) is 10.2 Å². The first-order chi connectivity index (χ1) is 9.13. The topological polar surface area (TPSA) is 63.1 Å². The van der Waals surface area contributed by atoms with Crippen LogP contribution in [-0.2, 0) is 10.5 Å². The van der Waals surface area contributed by atoms with Gasteiger partial charge >= 0.3 is 5.97 Å². The zero-order chi connectivity index (χ0) is 13.7. The Hall–Kier alpha value is -1.66. The van der Waals surface area contributed by atoms with Gasteiger partial charge in [-0.25, -0.2) is 4.79 Å². The average Bonchev–Trinajstić information content (AvgIpc) is 2.80. The Labute approximate surface area is 119 Å². The first-order valence-corrected chi connectivity index (χ1v) is 7.36. The third-order valence-corrected chi connectivity index (χ3v) is 4.28. The Balaban J connectivity index is 2.00. The van der Waals surface area contributed by atoms with Crippen molar-refractivity contribution in [3.05, 3.63) is 46.5 Å². The lowest BCUT2D eigenvalue weighted by Crippen LogP contribution is -1.86. The zero-order valence-corrected chi connectivity index (χ0v) is 11.9. The summed E-state index contributed by atoms with van der Waals surface area (Å²) in [7, 11) is 0. The van der Waals surface area contributed by atoms with Crippen molar-refractivity contribution in [2.24, 2.45) is 0 Å². The second-order valence-electron chi connectivity index (χ2n) is 3.79. The van der Waals surface area contributed by atoms with Crippen LogP contribution in [0.3, 0.4) is 0 Å². The molecule has 6 heteroatoms. The highest BCUT2D eigenvalue weighted by atomic mass is 32.2. The summed E-state index contributed by atoms with van der Waals surface area (Å²) in [6.45, 7) is 1.93. The molecule has 0 fully saturated rings. The molecule has 2 rings (SSSR count). The highest BCUT2D eigenvalue weighted by molar-refractivity contribution is 8.00. The maximum absolute atomic E-state index is 10.5. The van der Waals surface area contributed by atoms with Crippen LogP contribution in [0.15, 0.2) is 34.7 Å². The predicted octanol–water partition coefficient (Wildman–Crippen LogP) is 3.24. The number of hydrogen-bond donors (Lipinski definition) is 1. The number of aromatic nitrogens is 2. The van der Waals surface area contributed by atoms with Crippen LogP contribution in [0.1, 0.15) is 16.1 Å². The monoisotopic (exact) mass is 292 g/mol. The Bertz CT molecular complexity index is 608. The largest absolute Gasteiger partial charge is 0.478 e. The molecule has 1 heterocycles. The molecule has 2 aromatic rings. The van der Waals surface area contributed by atoms with Crippen molar-refractivity contribution in [2.75, 3.05) is 0 Å². The van der Waals surface area contributed by atoms with Crippen molar-refractivity contribution in [2.45, 2.75) is 17.0 Å². The summed E-state index contributed by atoms with van der Waals surface area (Å²) in [5.41, 5.74) is 2.01. The standard InChI is InChI=1S/C13H12N2O2S2/c1-9-14-15-13(19-9)18-8-11-4-2-3-10(7-11)5-6-12(16)17/h2-7H,8H2,1H3,(H,16,17). The van der Waals surface area contributed by atoms with Crippen LogP contribution >= 0.6 is 23.1 Å². The van der Waals surface area contributed by atoms with E-state index in [0.717, 1.165) is 32.3 Å². The molecule has 1 N–H and O–H groups in total. The van der Waals surface area contributed by atoms with Crippen LogP contribution in [0.25, 0.3) is 6.08 Å². The summed E-state index contributed by atoms with van der Waals surface area (Å²) < 4.78 is 0.948. The second-order valence-corrected chi connectivity index (χ2v) is 6.20. The summed E-state index contributed by atoms with van der Waals surface area (Å²) >= 11 is 3.21. The molecule has 0 atom stereocenters. The van der Waals surface area contributed by atoms with Gasteiger partial charge in [0.1, 0.15) is 5.01 Å². The Morgan fingerprint density at radius 3 is 3.00 bits per heavy atom. The maximum atomic E-state index is 10.5. The van der Waals surface area contributed by atoms with Crippen molar-refractivity contribution in [3.8, 4) is 0 Å². The van der Waals surface area contributed by atoms with E-state index in [9.17, 15) is 4.79 Å². The lowest BCUT2D eigenvalue weighted by molar-refractivity contribution is -0.131. The summed E-state index contributed by atoms with van der Waals surface area (Å²) in [5, 5.41) is 17.6. The minimum atomic E-state index is -0.941. The van der Waals surface area contributed by atoms with Crippen LogP contribution in [0, 0.1) is 6.92 Å². The molecule has 19 heavy (non-hydrogen) atoms. The van der Waals surface area contributed by atoms with Crippen molar-refractivity contribution in [1.29, 1.82) is 0 Å². The maximum Gasteiger partial charge on any atom is 0.328 e. The predicted molar refractivity (Wildman–Crippen MR) is 77.3 cm³/mol. The molecule has 0 saturated heterocycles. The molecule has 0 saturated carbocycles. The lowest BCUT2D eigenvalue weighted by Gasteiger charge is -2.00. The van der Waals surface area contributed by atoms with Crippen LogP contribution < -0.4 is 0 Å². The van der Waals surface area contributed by atoms with E-state index in [1.54, 1.807) is 29.2 Å². The van der Waals surface area contributed by atoms with Crippen molar-refractivity contribution < 1.29 is 9.90 Å². The fourth-order valence-electron chi connectivity index (χ4n) is 1.44. The van der Waals surface area contributed by atoms with Gasteiger partial charge < -0.3 is 5.11 Å². The molecular weight excluding hydrogens is 280 g/mol.